The number of carbonyl (C=O) groups excluding carboxylic acids is 4. The van der Waals surface area contributed by atoms with Crippen molar-refractivity contribution in [1.29, 1.82) is 0 Å². The van der Waals surface area contributed by atoms with Gasteiger partial charge in [-0.15, -0.1) is 11.3 Å². The van der Waals surface area contributed by atoms with Gasteiger partial charge in [-0.05, 0) is 17.7 Å². The van der Waals surface area contributed by atoms with Crippen LogP contribution in [0.1, 0.15) is 53.7 Å². The van der Waals surface area contributed by atoms with Gasteiger partial charge in [0.1, 0.15) is 5.75 Å². The number of Topliss-reactive ketones (excluding diaryl/α,β-unsaturated/α-hetero) is 1. The van der Waals surface area contributed by atoms with Gasteiger partial charge in [0.05, 0.1) is 47.2 Å². The van der Waals surface area contributed by atoms with E-state index in [1.54, 1.807) is 12.1 Å². The van der Waals surface area contributed by atoms with Crippen molar-refractivity contribution < 1.29 is 38.6 Å². The lowest BCUT2D eigenvalue weighted by atomic mass is 9.85. The second kappa shape index (κ2) is 6.72. The molecule has 2 bridgehead atoms. The fourth-order valence-corrected chi connectivity index (χ4v) is 5.34. The van der Waals surface area contributed by atoms with Crippen LogP contribution in [0.15, 0.2) is 23.6 Å². The molecule has 3 amide bonds. The van der Waals surface area contributed by atoms with E-state index < -0.39 is 47.7 Å². The molecular formula is C20H14N2O8S. The highest BCUT2D eigenvalue weighted by Crippen LogP contribution is 2.46. The maximum Gasteiger partial charge on any atom is 0.336 e. The van der Waals surface area contributed by atoms with E-state index in [1.165, 1.54) is 18.6 Å². The van der Waals surface area contributed by atoms with Crippen molar-refractivity contribution in [2.24, 2.45) is 0 Å². The van der Waals surface area contributed by atoms with Gasteiger partial charge in [0.2, 0.25) is 5.78 Å². The zero-order valence-corrected chi connectivity index (χ0v) is 16.7. The van der Waals surface area contributed by atoms with Crippen LogP contribution >= 0.6 is 11.3 Å². The molecule has 1 fully saturated rings. The molecular weight excluding hydrogens is 428 g/mol. The number of carboxylic acids is 1. The summed E-state index contributed by atoms with van der Waals surface area (Å²) in [5, 5.41) is 13.4. The summed E-state index contributed by atoms with van der Waals surface area (Å²) in [6.07, 6.45) is -2.14. The highest BCUT2D eigenvalue weighted by Gasteiger charge is 2.51. The maximum atomic E-state index is 13.0. The first kappa shape index (κ1) is 19.4. The molecule has 31 heavy (non-hydrogen) atoms. The number of ether oxygens (including phenoxy) is 2. The number of benzene rings is 1. The molecule has 0 radical (unpaired) electrons. The van der Waals surface area contributed by atoms with E-state index in [-0.39, 0.29) is 34.5 Å². The normalized spacial score (nSPS) is 24.0. The van der Waals surface area contributed by atoms with Crippen molar-refractivity contribution in [2.45, 2.75) is 18.2 Å². The molecule has 1 saturated heterocycles. The van der Waals surface area contributed by atoms with E-state index in [2.05, 4.69) is 5.32 Å². The Hall–Kier alpha value is -3.57. The summed E-state index contributed by atoms with van der Waals surface area (Å²) in [6.45, 7) is -0.328. The van der Waals surface area contributed by atoms with Crippen molar-refractivity contribution in [3.05, 3.63) is 50.7 Å². The molecule has 0 aliphatic carbocycles. The third-order valence-corrected chi connectivity index (χ3v) is 6.67. The standard InChI is InChI=1S/C20H14N2O8S/c1-29-9-4-2-3-7-11(9)19(26)22(18(7)25)5-10-13-12-8(20(27)28)6-31-15(12)17(30-10)21-16(24)14(13)23/h2-4,6,10,13,17H,5H2,1H3,(H,21,24)(H,27,28). The van der Waals surface area contributed by atoms with Crippen molar-refractivity contribution >= 4 is 40.8 Å². The number of methoxy groups -OCH3 is 1. The van der Waals surface area contributed by atoms with Crippen LogP contribution in [0.3, 0.4) is 0 Å². The Labute approximate surface area is 178 Å². The number of fused-ring (bicyclic) bond motifs is 4. The number of ketones is 1. The van der Waals surface area contributed by atoms with Gasteiger partial charge in [-0.1, -0.05) is 6.07 Å². The molecule has 5 heterocycles. The summed E-state index contributed by atoms with van der Waals surface area (Å²) in [6, 6.07) is 4.63. The maximum absolute atomic E-state index is 13.0. The fourth-order valence-electron chi connectivity index (χ4n) is 4.27. The molecule has 0 saturated carbocycles. The zero-order valence-electron chi connectivity index (χ0n) is 15.9. The van der Waals surface area contributed by atoms with Gasteiger partial charge in [0.25, 0.3) is 17.7 Å². The predicted molar refractivity (Wildman–Crippen MR) is 103 cm³/mol. The summed E-state index contributed by atoms with van der Waals surface area (Å²) < 4.78 is 11.1. The number of rotatable bonds is 4. The molecule has 4 aliphatic heterocycles. The number of carbonyl (C=O) groups is 5. The van der Waals surface area contributed by atoms with Crippen molar-refractivity contribution in [2.75, 3.05) is 13.7 Å². The third kappa shape index (κ3) is 2.63. The summed E-state index contributed by atoms with van der Waals surface area (Å²) >= 11 is 1.06. The van der Waals surface area contributed by atoms with E-state index in [4.69, 9.17) is 9.47 Å². The quantitative estimate of drug-likeness (QED) is 0.527. The molecule has 0 spiro atoms. The van der Waals surface area contributed by atoms with Crippen LogP contribution in [0, 0.1) is 0 Å². The van der Waals surface area contributed by atoms with E-state index in [1.807, 2.05) is 0 Å². The van der Waals surface area contributed by atoms with E-state index in [9.17, 15) is 29.1 Å². The first-order valence-corrected chi connectivity index (χ1v) is 10.1. The Balaban J connectivity index is 1.55. The number of imide groups is 1. The van der Waals surface area contributed by atoms with Gasteiger partial charge in [-0.2, -0.15) is 0 Å². The molecule has 10 nitrogen and oxygen atoms in total. The summed E-state index contributed by atoms with van der Waals surface area (Å²) in [5.74, 6) is -5.23. The van der Waals surface area contributed by atoms with Crippen LogP contribution in [0.5, 0.6) is 5.75 Å². The number of nitrogens with zero attached hydrogens (tertiary/aromatic N) is 1. The van der Waals surface area contributed by atoms with Crippen LogP contribution in [-0.2, 0) is 14.3 Å². The van der Waals surface area contributed by atoms with Crippen LogP contribution < -0.4 is 10.1 Å². The number of thiophene rings is 1. The lowest BCUT2D eigenvalue weighted by Crippen LogP contribution is -2.44. The SMILES string of the molecule is COc1cccc2c1C(=O)N(CC1OC3NC(=O)C(=O)C1c1c(C(=O)O)csc13)C2=O. The van der Waals surface area contributed by atoms with Crippen molar-refractivity contribution in [3.8, 4) is 5.75 Å². The number of hydrogen-bond acceptors (Lipinski definition) is 8. The molecule has 4 aliphatic rings. The van der Waals surface area contributed by atoms with Gasteiger partial charge < -0.3 is 19.9 Å². The molecule has 1 aromatic carbocycles. The second-order valence-corrected chi connectivity index (χ2v) is 8.12. The number of hydrogen-bond donors (Lipinski definition) is 2. The smallest absolute Gasteiger partial charge is 0.336 e. The van der Waals surface area contributed by atoms with Gasteiger partial charge in [0.15, 0.2) is 6.23 Å². The second-order valence-electron chi connectivity index (χ2n) is 7.21. The summed E-state index contributed by atoms with van der Waals surface area (Å²) in [5.41, 5.74) is 0.358. The van der Waals surface area contributed by atoms with E-state index in [0.29, 0.717) is 4.88 Å². The number of aromatic carboxylic acids is 1. The van der Waals surface area contributed by atoms with Crippen LogP contribution in [0.2, 0.25) is 0 Å². The molecule has 158 valence electrons. The Morgan fingerprint density at radius 3 is 2.74 bits per heavy atom. The van der Waals surface area contributed by atoms with Crippen molar-refractivity contribution in [3.63, 3.8) is 0 Å². The monoisotopic (exact) mass is 442 g/mol. The topological polar surface area (TPSA) is 139 Å². The molecule has 11 heteroatoms. The first-order valence-electron chi connectivity index (χ1n) is 9.21. The highest BCUT2D eigenvalue weighted by molar-refractivity contribution is 7.10. The van der Waals surface area contributed by atoms with Crippen LogP contribution in [0.25, 0.3) is 0 Å². The Morgan fingerprint density at radius 2 is 2.03 bits per heavy atom. The summed E-state index contributed by atoms with van der Waals surface area (Å²) in [7, 11) is 1.38. The van der Waals surface area contributed by atoms with Gasteiger partial charge >= 0.3 is 5.97 Å². The number of nitrogens with one attached hydrogen (secondary N) is 1. The average Bonchev–Trinajstić information content (AvgIpc) is 3.23. The lowest BCUT2D eigenvalue weighted by Gasteiger charge is -2.33. The number of amides is 3. The third-order valence-electron chi connectivity index (χ3n) is 5.63. The minimum Gasteiger partial charge on any atom is -0.496 e. The molecule has 2 N–H and O–H groups in total. The van der Waals surface area contributed by atoms with Crippen LogP contribution in [0.4, 0.5) is 0 Å². The molecule has 2 aromatic rings. The predicted octanol–water partition coefficient (Wildman–Crippen LogP) is 0.931. The minimum absolute atomic E-state index is 0.0998. The van der Waals surface area contributed by atoms with E-state index in [0.717, 1.165) is 16.2 Å². The largest absolute Gasteiger partial charge is 0.496 e. The van der Waals surface area contributed by atoms with Crippen molar-refractivity contribution in [1.82, 2.24) is 10.2 Å². The fraction of sp³-hybridized carbons (Fsp3) is 0.250. The molecule has 1 aromatic heterocycles. The lowest BCUT2D eigenvalue weighted by molar-refractivity contribution is -0.138. The van der Waals surface area contributed by atoms with Crippen LogP contribution in [-0.4, -0.2) is 59.2 Å². The average molecular weight is 442 g/mol. The Morgan fingerprint density at radius 1 is 1.26 bits per heavy atom. The Bertz CT molecular complexity index is 1200. The summed E-state index contributed by atoms with van der Waals surface area (Å²) in [4.78, 5) is 64.0. The highest BCUT2D eigenvalue weighted by atomic mass is 32.1. The minimum atomic E-state index is -1.25. The molecule has 6 rings (SSSR count). The Kier molecular flexibility index (Phi) is 4.21. The van der Waals surface area contributed by atoms with Gasteiger partial charge in [-0.25, -0.2) is 4.79 Å². The van der Waals surface area contributed by atoms with Gasteiger partial charge in [0, 0.05) is 5.38 Å². The van der Waals surface area contributed by atoms with E-state index >= 15 is 0 Å². The first-order chi connectivity index (χ1) is 14.8. The molecule has 3 atom stereocenters. The zero-order chi connectivity index (χ0) is 22.0. The van der Waals surface area contributed by atoms with Gasteiger partial charge in [-0.3, -0.25) is 24.1 Å². The molecule has 3 unspecified atom stereocenters. The number of carboxylic acid groups (broad SMARTS) is 1.